The zero-order valence-electron chi connectivity index (χ0n) is 18.2. The molecule has 0 saturated carbocycles. The quantitative estimate of drug-likeness (QED) is 0.554. The van der Waals surface area contributed by atoms with Crippen LogP contribution in [0.1, 0.15) is 18.1 Å². The van der Waals surface area contributed by atoms with E-state index in [2.05, 4.69) is 12.2 Å². The first-order valence-electron chi connectivity index (χ1n) is 10.3. The molecular formula is C26H24N2O4. The number of hydrogen-bond donors (Lipinski definition) is 1. The predicted octanol–water partition coefficient (Wildman–Crippen LogP) is 4.66. The zero-order chi connectivity index (χ0) is 22.7. The number of nitrogens with one attached hydrogen (secondary N) is 1. The summed E-state index contributed by atoms with van der Waals surface area (Å²) in [7, 11) is 3.16. The van der Waals surface area contributed by atoms with E-state index >= 15 is 0 Å². The number of benzene rings is 3. The fraction of sp³-hybridized carbons (Fsp3) is 0.154. The van der Waals surface area contributed by atoms with E-state index in [-0.39, 0.29) is 11.6 Å². The lowest BCUT2D eigenvalue weighted by Gasteiger charge is -2.16. The van der Waals surface area contributed by atoms with Crippen molar-refractivity contribution in [1.82, 2.24) is 0 Å². The van der Waals surface area contributed by atoms with Crippen LogP contribution in [0.5, 0.6) is 11.5 Å². The van der Waals surface area contributed by atoms with Gasteiger partial charge in [-0.05, 0) is 53.9 Å². The van der Waals surface area contributed by atoms with E-state index in [9.17, 15) is 9.59 Å². The number of ether oxygens (including phenoxy) is 2. The fourth-order valence-electron chi connectivity index (χ4n) is 3.63. The molecule has 0 bridgehead atoms. The van der Waals surface area contributed by atoms with Crippen LogP contribution in [0.25, 0.3) is 5.57 Å². The Labute approximate surface area is 187 Å². The van der Waals surface area contributed by atoms with Crippen molar-refractivity contribution in [2.45, 2.75) is 13.3 Å². The minimum absolute atomic E-state index is 0.216. The minimum atomic E-state index is -0.409. The van der Waals surface area contributed by atoms with Gasteiger partial charge in [0.2, 0.25) is 0 Å². The second-order valence-corrected chi connectivity index (χ2v) is 7.30. The average molecular weight is 428 g/mol. The Morgan fingerprint density at radius 1 is 0.812 bits per heavy atom. The van der Waals surface area contributed by atoms with Crippen LogP contribution in [0.4, 0.5) is 11.4 Å². The van der Waals surface area contributed by atoms with Crippen molar-refractivity contribution in [2.75, 3.05) is 24.4 Å². The molecule has 4 rings (SSSR count). The highest BCUT2D eigenvalue weighted by molar-refractivity contribution is 6.46. The first-order valence-corrected chi connectivity index (χ1v) is 10.3. The van der Waals surface area contributed by atoms with Crippen LogP contribution in [-0.2, 0) is 16.0 Å². The van der Waals surface area contributed by atoms with Gasteiger partial charge in [-0.2, -0.15) is 0 Å². The second-order valence-electron chi connectivity index (χ2n) is 7.30. The topological polar surface area (TPSA) is 67.9 Å². The summed E-state index contributed by atoms with van der Waals surface area (Å²) in [6.07, 6.45) is 0.875. The first-order chi connectivity index (χ1) is 15.5. The summed E-state index contributed by atoms with van der Waals surface area (Å²) >= 11 is 0. The SMILES string of the molecule is CCc1ccc(N2C(=O)C(Nc3cccc(OC)c3)=C(c3ccc(OC)cc3)C2=O)cc1. The summed E-state index contributed by atoms with van der Waals surface area (Å²) in [4.78, 5) is 28.2. The summed E-state index contributed by atoms with van der Waals surface area (Å²) < 4.78 is 10.5. The summed E-state index contributed by atoms with van der Waals surface area (Å²) in [6.45, 7) is 2.06. The summed E-state index contributed by atoms with van der Waals surface area (Å²) in [5.41, 5.74) is 3.46. The number of carbonyl (C=O) groups is 2. The molecule has 3 aromatic rings. The first kappa shape index (κ1) is 21.2. The maximum atomic E-state index is 13.5. The highest BCUT2D eigenvalue weighted by Gasteiger charge is 2.40. The third-order valence-electron chi connectivity index (χ3n) is 5.40. The second kappa shape index (κ2) is 8.98. The molecule has 6 nitrogen and oxygen atoms in total. The van der Waals surface area contributed by atoms with Crippen LogP contribution in [0.3, 0.4) is 0 Å². The van der Waals surface area contributed by atoms with Gasteiger partial charge in [0.1, 0.15) is 17.2 Å². The largest absolute Gasteiger partial charge is 0.497 e. The Hall–Kier alpha value is -4.06. The number of carbonyl (C=O) groups excluding carboxylic acids is 2. The van der Waals surface area contributed by atoms with Crippen molar-refractivity contribution in [3.8, 4) is 11.5 Å². The molecule has 1 aliphatic heterocycles. The van der Waals surface area contributed by atoms with E-state index in [1.54, 1.807) is 56.7 Å². The molecule has 0 atom stereocenters. The lowest BCUT2D eigenvalue weighted by molar-refractivity contribution is -0.120. The minimum Gasteiger partial charge on any atom is -0.497 e. The Morgan fingerprint density at radius 3 is 2.12 bits per heavy atom. The van der Waals surface area contributed by atoms with E-state index in [0.29, 0.717) is 34.0 Å². The molecule has 3 aromatic carbocycles. The van der Waals surface area contributed by atoms with Crippen molar-refractivity contribution >= 4 is 28.8 Å². The van der Waals surface area contributed by atoms with Gasteiger partial charge in [-0.1, -0.05) is 37.3 Å². The van der Waals surface area contributed by atoms with Gasteiger partial charge in [0.25, 0.3) is 11.8 Å². The normalized spacial score (nSPS) is 13.5. The number of rotatable bonds is 7. The summed E-state index contributed by atoms with van der Waals surface area (Å²) in [6, 6.07) is 21.8. The van der Waals surface area contributed by atoms with Crippen LogP contribution in [0, 0.1) is 0 Å². The highest BCUT2D eigenvalue weighted by atomic mass is 16.5. The molecule has 1 N–H and O–H groups in total. The fourth-order valence-corrected chi connectivity index (χ4v) is 3.63. The third-order valence-corrected chi connectivity index (χ3v) is 5.40. The van der Waals surface area contributed by atoms with Crippen molar-refractivity contribution in [1.29, 1.82) is 0 Å². The predicted molar refractivity (Wildman–Crippen MR) is 125 cm³/mol. The molecule has 0 saturated heterocycles. The van der Waals surface area contributed by atoms with Gasteiger partial charge in [0.15, 0.2) is 0 Å². The number of anilines is 2. The Kier molecular flexibility index (Phi) is 5.94. The number of methoxy groups -OCH3 is 2. The number of imide groups is 1. The van der Waals surface area contributed by atoms with Gasteiger partial charge in [-0.15, -0.1) is 0 Å². The molecule has 1 aliphatic rings. The Bertz CT molecular complexity index is 1180. The number of amides is 2. The van der Waals surface area contributed by atoms with E-state index in [1.165, 1.54) is 4.90 Å². The molecule has 162 valence electrons. The molecule has 0 unspecified atom stereocenters. The maximum Gasteiger partial charge on any atom is 0.282 e. The number of nitrogens with zero attached hydrogens (tertiary/aromatic N) is 1. The molecule has 0 aromatic heterocycles. The summed E-state index contributed by atoms with van der Waals surface area (Å²) in [5.74, 6) is 0.522. The van der Waals surface area contributed by atoms with Crippen molar-refractivity contribution in [3.05, 3.63) is 89.6 Å². The highest BCUT2D eigenvalue weighted by Crippen LogP contribution is 2.35. The van der Waals surface area contributed by atoms with Crippen LogP contribution in [0.2, 0.25) is 0 Å². The summed E-state index contributed by atoms with van der Waals surface area (Å²) in [5, 5.41) is 3.15. The lowest BCUT2D eigenvalue weighted by Crippen LogP contribution is -2.32. The van der Waals surface area contributed by atoms with E-state index < -0.39 is 5.91 Å². The van der Waals surface area contributed by atoms with Gasteiger partial charge in [-0.3, -0.25) is 9.59 Å². The average Bonchev–Trinajstić information content (AvgIpc) is 3.08. The van der Waals surface area contributed by atoms with Crippen LogP contribution >= 0.6 is 0 Å². The standard InChI is InChI=1S/C26H24N2O4/c1-4-17-8-12-20(13-9-17)28-25(29)23(18-10-14-21(31-2)15-11-18)24(26(28)30)27-19-6-5-7-22(16-19)32-3/h5-16,27H,4H2,1-3H3. The van der Waals surface area contributed by atoms with Crippen molar-refractivity contribution in [3.63, 3.8) is 0 Å². The van der Waals surface area contributed by atoms with Crippen LogP contribution in [-0.4, -0.2) is 26.0 Å². The molecule has 2 amide bonds. The smallest absolute Gasteiger partial charge is 0.282 e. The molecular weight excluding hydrogens is 404 g/mol. The molecule has 1 heterocycles. The van der Waals surface area contributed by atoms with E-state index in [4.69, 9.17) is 9.47 Å². The van der Waals surface area contributed by atoms with Crippen molar-refractivity contribution < 1.29 is 19.1 Å². The van der Waals surface area contributed by atoms with E-state index in [1.807, 2.05) is 30.3 Å². The van der Waals surface area contributed by atoms with Crippen LogP contribution < -0.4 is 19.7 Å². The van der Waals surface area contributed by atoms with Gasteiger partial charge >= 0.3 is 0 Å². The molecule has 0 aliphatic carbocycles. The molecule has 0 radical (unpaired) electrons. The van der Waals surface area contributed by atoms with Gasteiger partial charge in [0.05, 0.1) is 25.5 Å². The molecule has 0 fully saturated rings. The zero-order valence-corrected chi connectivity index (χ0v) is 18.2. The van der Waals surface area contributed by atoms with Gasteiger partial charge in [-0.25, -0.2) is 4.90 Å². The number of hydrogen-bond acceptors (Lipinski definition) is 5. The van der Waals surface area contributed by atoms with Gasteiger partial charge in [0, 0.05) is 11.8 Å². The van der Waals surface area contributed by atoms with Gasteiger partial charge < -0.3 is 14.8 Å². The number of aryl methyl sites for hydroxylation is 1. The molecule has 0 spiro atoms. The third kappa shape index (κ3) is 3.95. The lowest BCUT2D eigenvalue weighted by atomic mass is 10.0. The molecule has 32 heavy (non-hydrogen) atoms. The van der Waals surface area contributed by atoms with Crippen molar-refractivity contribution in [2.24, 2.45) is 0 Å². The Morgan fingerprint density at radius 2 is 1.50 bits per heavy atom. The van der Waals surface area contributed by atoms with Crippen LogP contribution in [0.15, 0.2) is 78.5 Å². The maximum absolute atomic E-state index is 13.5. The Balaban J connectivity index is 1.78. The van der Waals surface area contributed by atoms with E-state index in [0.717, 1.165) is 12.0 Å². The monoisotopic (exact) mass is 428 g/mol. The molecule has 6 heteroatoms.